The summed E-state index contributed by atoms with van der Waals surface area (Å²) in [6.45, 7) is 0. The highest BCUT2D eigenvalue weighted by Gasteiger charge is 2.16. The van der Waals surface area contributed by atoms with Gasteiger partial charge in [-0.1, -0.05) is 24.3 Å². The molecule has 0 radical (unpaired) electrons. The van der Waals surface area contributed by atoms with Crippen LogP contribution in [0.2, 0.25) is 0 Å². The van der Waals surface area contributed by atoms with Crippen molar-refractivity contribution in [3.05, 3.63) is 90.6 Å². The Morgan fingerprint density at radius 3 is 2.42 bits per heavy atom. The van der Waals surface area contributed by atoms with Crippen molar-refractivity contribution in [2.75, 3.05) is 19.5 Å². The summed E-state index contributed by atoms with van der Waals surface area (Å²) in [5, 5.41) is 4.72. The number of ether oxygens (including phenoxy) is 2. The summed E-state index contributed by atoms with van der Waals surface area (Å²) in [5.74, 6) is 1.01. The van der Waals surface area contributed by atoms with Gasteiger partial charge in [-0.3, -0.25) is 9.78 Å². The van der Waals surface area contributed by atoms with Gasteiger partial charge in [0.1, 0.15) is 0 Å². The number of nitrogens with zero attached hydrogens (tertiary/aromatic N) is 2. The van der Waals surface area contributed by atoms with Crippen LogP contribution in [0.25, 0.3) is 33.1 Å². The molecular weight excluding hydrogens is 414 g/mol. The SMILES string of the molecule is COc1ccc(-c2cc(C(=O)Nc3cccc4ncccc34)c3ccccc3n2)cc1OC. The average Bonchev–Trinajstić information content (AvgIpc) is 2.87. The Kier molecular flexibility index (Phi) is 5.32. The zero-order chi connectivity index (χ0) is 22.8. The second-order valence-corrected chi connectivity index (χ2v) is 7.47. The molecule has 0 aliphatic rings. The topological polar surface area (TPSA) is 73.3 Å². The number of para-hydroxylation sites is 1. The molecule has 0 saturated heterocycles. The predicted molar refractivity (Wildman–Crippen MR) is 130 cm³/mol. The van der Waals surface area contributed by atoms with E-state index in [1.807, 2.05) is 78.9 Å². The number of methoxy groups -OCH3 is 2. The van der Waals surface area contributed by atoms with Crippen LogP contribution in [0.4, 0.5) is 5.69 Å². The lowest BCUT2D eigenvalue weighted by molar-refractivity contribution is 0.102. The molecule has 1 amide bonds. The van der Waals surface area contributed by atoms with Crippen LogP contribution in [0.1, 0.15) is 10.4 Å². The van der Waals surface area contributed by atoms with E-state index in [1.54, 1.807) is 20.4 Å². The van der Waals surface area contributed by atoms with Crippen molar-refractivity contribution in [2.24, 2.45) is 0 Å². The molecule has 2 heterocycles. The van der Waals surface area contributed by atoms with Gasteiger partial charge >= 0.3 is 0 Å². The monoisotopic (exact) mass is 435 g/mol. The van der Waals surface area contributed by atoms with Crippen LogP contribution in [-0.2, 0) is 0 Å². The molecular formula is C27H21N3O3. The Labute approximate surface area is 190 Å². The Morgan fingerprint density at radius 2 is 1.58 bits per heavy atom. The van der Waals surface area contributed by atoms with Crippen LogP contribution in [0.5, 0.6) is 11.5 Å². The number of aromatic nitrogens is 2. The van der Waals surface area contributed by atoms with Crippen LogP contribution in [0.15, 0.2) is 85.1 Å². The van der Waals surface area contributed by atoms with Crippen LogP contribution >= 0.6 is 0 Å². The summed E-state index contributed by atoms with van der Waals surface area (Å²) in [5.41, 5.74) is 4.28. The first kappa shape index (κ1) is 20.5. The second kappa shape index (κ2) is 8.59. The number of nitrogens with one attached hydrogen (secondary N) is 1. The third kappa shape index (κ3) is 3.83. The van der Waals surface area contributed by atoms with E-state index in [1.165, 1.54) is 0 Å². The van der Waals surface area contributed by atoms with E-state index in [9.17, 15) is 4.79 Å². The summed E-state index contributed by atoms with van der Waals surface area (Å²) in [6.07, 6.45) is 1.74. The Morgan fingerprint density at radius 1 is 0.788 bits per heavy atom. The number of anilines is 1. The van der Waals surface area contributed by atoms with Gasteiger partial charge in [-0.05, 0) is 54.6 Å². The quantitative estimate of drug-likeness (QED) is 0.382. The van der Waals surface area contributed by atoms with E-state index >= 15 is 0 Å². The van der Waals surface area contributed by atoms with Gasteiger partial charge in [0.05, 0.1) is 42.2 Å². The van der Waals surface area contributed by atoms with Gasteiger partial charge in [-0.15, -0.1) is 0 Å². The number of hydrogen-bond donors (Lipinski definition) is 1. The number of rotatable bonds is 5. The molecule has 0 atom stereocenters. The lowest BCUT2D eigenvalue weighted by Crippen LogP contribution is -2.13. The summed E-state index contributed by atoms with van der Waals surface area (Å²) in [6, 6.07) is 24.5. The molecule has 33 heavy (non-hydrogen) atoms. The highest BCUT2D eigenvalue weighted by Crippen LogP contribution is 2.33. The lowest BCUT2D eigenvalue weighted by Gasteiger charge is -2.13. The van der Waals surface area contributed by atoms with Gasteiger partial charge in [0.25, 0.3) is 5.91 Å². The van der Waals surface area contributed by atoms with Crippen molar-refractivity contribution in [3.8, 4) is 22.8 Å². The van der Waals surface area contributed by atoms with Crippen LogP contribution in [0, 0.1) is 0 Å². The number of hydrogen-bond acceptors (Lipinski definition) is 5. The molecule has 162 valence electrons. The average molecular weight is 435 g/mol. The van der Waals surface area contributed by atoms with E-state index in [4.69, 9.17) is 14.5 Å². The summed E-state index contributed by atoms with van der Waals surface area (Å²) in [4.78, 5) is 22.6. The van der Waals surface area contributed by atoms with Crippen molar-refractivity contribution < 1.29 is 14.3 Å². The van der Waals surface area contributed by atoms with Crippen molar-refractivity contribution in [1.82, 2.24) is 9.97 Å². The summed E-state index contributed by atoms with van der Waals surface area (Å²) in [7, 11) is 3.18. The smallest absolute Gasteiger partial charge is 0.256 e. The Bertz CT molecular complexity index is 1490. The molecule has 0 unspecified atom stereocenters. The Hall–Kier alpha value is -4.45. The van der Waals surface area contributed by atoms with Crippen LogP contribution in [0.3, 0.4) is 0 Å². The maximum absolute atomic E-state index is 13.5. The zero-order valence-corrected chi connectivity index (χ0v) is 18.2. The van der Waals surface area contributed by atoms with E-state index in [2.05, 4.69) is 10.3 Å². The van der Waals surface area contributed by atoms with Crippen LogP contribution < -0.4 is 14.8 Å². The minimum atomic E-state index is -0.216. The van der Waals surface area contributed by atoms with Gasteiger partial charge in [-0.2, -0.15) is 0 Å². The molecule has 0 fully saturated rings. The summed E-state index contributed by atoms with van der Waals surface area (Å²) < 4.78 is 10.8. The van der Waals surface area contributed by atoms with Gasteiger partial charge in [0, 0.05) is 22.5 Å². The van der Waals surface area contributed by atoms with Crippen molar-refractivity contribution in [1.29, 1.82) is 0 Å². The fraction of sp³-hybridized carbons (Fsp3) is 0.0741. The number of pyridine rings is 2. The predicted octanol–water partition coefficient (Wildman–Crippen LogP) is 5.72. The van der Waals surface area contributed by atoms with Crippen molar-refractivity contribution in [3.63, 3.8) is 0 Å². The lowest BCUT2D eigenvalue weighted by atomic mass is 10.0. The van der Waals surface area contributed by atoms with E-state index in [-0.39, 0.29) is 5.91 Å². The molecule has 2 aromatic heterocycles. The first-order chi connectivity index (χ1) is 16.2. The number of carbonyl (C=O) groups is 1. The first-order valence-corrected chi connectivity index (χ1v) is 10.4. The number of amides is 1. The number of benzene rings is 3. The van der Waals surface area contributed by atoms with E-state index in [0.29, 0.717) is 28.4 Å². The van der Waals surface area contributed by atoms with Gasteiger partial charge in [0.2, 0.25) is 0 Å². The molecule has 0 saturated carbocycles. The summed E-state index contributed by atoms with van der Waals surface area (Å²) >= 11 is 0. The number of fused-ring (bicyclic) bond motifs is 2. The second-order valence-electron chi connectivity index (χ2n) is 7.47. The fourth-order valence-corrected chi connectivity index (χ4v) is 3.91. The third-order valence-corrected chi connectivity index (χ3v) is 5.53. The largest absolute Gasteiger partial charge is 0.493 e. The van der Waals surface area contributed by atoms with E-state index in [0.717, 1.165) is 27.4 Å². The maximum Gasteiger partial charge on any atom is 0.256 e. The van der Waals surface area contributed by atoms with Crippen molar-refractivity contribution in [2.45, 2.75) is 0 Å². The van der Waals surface area contributed by atoms with Gasteiger partial charge in [-0.25, -0.2) is 4.98 Å². The molecule has 1 N–H and O–H groups in total. The normalized spacial score (nSPS) is 10.8. The fourth-order valence-electron chi connectivity index (χ4n) is 3.91. The highest BCUT2D eigenvalue weighted by molar-refractivity contribution is 6.15. The van der Waals surface area contributed by atoms with Gasteiger partial charge in [0.15, 0.2) is 11.5 Å². The molecule has 3 aromatic carbocycles. The highest BCUT2D eigenvalue weighted by atomic mass is 16.5. The maximum atomic E-state index is 13.5. The van der Waals surface area contributed by atoms with E-state index < -0.39 is 0 Å². The molecule has 0 aliphatic heterocycles. The molecule has 5 aromatic rings. The zero-order valence-electron chi connectivity index (χ0n) is 18.2. The molecule has 0 aliphatic carbocycles. The Balaban J connectivity index is 1.61. The van der Waals surface area contributed by atoms with Gasteiger partial charge < -0.3 is 14.8 Å². The minimum Gasteiger partial charge on any atom is -0.493 e. The first-order valence-electron chi connectivity index (χ1n) is 10.4. The molecule has 6 heteroatoms. The molecule has 0 bridgehead atoms. The van der Waals surface area contributed by atoms with Crippen LogP contribution in [-0.4, -0.2) is 30.1 Å². The number of carbonyl (C=O) groups excluding carboxylic acids is 1. The molecule has 5 rings (SSSR count). The molecule has 0 spiro atoms. The standard InChI is InChI=1S/C27H21N3O3/c1-32-25-13-12-17(15-26(25)33-2)24-16-20(18-7-3-4-9-22(18)29-24)27(31)30-23-11-5-10-21-19(23)8-6-14-28-21/h3-16H,1-2H3,(H,30,31). The minimum absolute atomic E-state index is 0.216. The van der Waals surface area contributed by atoms with Crippen molar-refractivity contribution >= 4 is 33.4 Å². The molecule has 6 nitrogen and oxygen atoms in total. The third-order valence-electron chi connectivity index (χ3n) is 5.53.